The van der Waals surface area contributed by atoms with Gasteiger partial charge >= 0.3 is 5.97 Å². The van der Waals surface area contributed by atoms with Gasteiger partial charge in [0.2, 0.25) is 0 Å². The van der Waals surface area contributed by atoms with Crippen LogP contribution in [0.15, 0.2) is 35.9 Å². The molecule has 136 valence electrons. The number of esters is 1. The third-order valence-electron chi connectivity index (χ3n) is 6.08. The van der Waals surface area contributed by atoms with Crippen LogP contribution in [0.3, 0.4) is 0 Å². The summed E-state index contributed by atoms with van der Waals surface area (Å²) in [4.78, 5) is 31.3. The lowest BCUT2D eigenvalue weighted by atomic mass is 9.70. The maximum absolute atomic E-state index is 13.1. The number of likely N-dealkylation sites (N-methyl/N-ethyl adjacent to an activating group) is 1. The van der Waals surface area contributed by atoms with Crippen LogP contribution < -0.4 is 0 Å². The van der Waals surface area contributed by atoms with Crippen LogP contribution in [0.5, 0.6) is 0 Å². The Morgan fingerprint density at radius 3 is 2.81 bits per heavy atom. The normalized spacial score (nSPS) is 27.9. The molecule has 1 N–H and O–H groups in total. The van der Waals surface area contributed by atoms with Gasteiger partial charge in [0.1, 0.15) is 0 Å². The zero-order chi connectivity index (χ0) is 18.4. The topological polar surface area (TPSA) is 62.4 Å². The number of para-hydroxylation sites is 1. The maximum atomic E-state index is 13.1. The number of benzene rings is 1. The molecule has 5 nitrogen and oxygen atoms in total. The summed E-state index contributed by atoms with van der Waals surface area (Å²) in [5, 5.41) is 1.07. The number of nitrogens with zero attached hydrogens (tertiary/aromatic N) is 1. The van der Waals surface area contributed by atoms with Crippen molar-refractivity contribution in [1.82, 2.24) is 9.88 Å². The predicted octanol–water partition coefficient (Wildman–Crippen LogP) is 2.96. The monoisotopic (exact) mass is 352 g/mol. The van der Waals surface area contributed by atoms with Gasteiger partial charge in [0, 0.05) is 35.8 Å². The van der Waals surface area contributed by atoms with Crippen LogP contribution in [0.25, 0.3) is 10.9 Å². The summed E-state index contributed by atoms with van der Waals surface area (Å²) in [6.07, 6.45) is 3.05. The number of rotatable bonds is 1. The molecule has 0 spiro atoms. The number of ether oxygens (including phenoxy) is 1. The van der Waals surface area contributed by atoms with Crippen molar-refractivity contribution in [1.29, 1.82) is 0 Å². The van der Waals surface area contributed by atoms with Gasteiger partial charge in [-0.3, -0.25) is 14.5 Å². The average molecular weight is 352 g/mol. The number of hydrogen-bond acceptors (Lipinski definition) is 4. The smallest absolute Gasteiger partial charge is 0.310 e. The molecule has 2 aromatic rings. The van der Waals surface area contributed by atoms with Gasteiger partial charge in [-0.1, -0.05) is 29.8 Å². The van der Waals surface area contributed by atoms with E-state index in [1.165, 1.54) is 7.11 Å². The molecule has 1 aromatic carbocycles. The summed E-state index contributed by atoms with van der Waals surface area (Å²) >= 11 is 0. The number of carbonyl (C=O) groups excluding carboxylic acids is 2. The van der Waals surface area contributed by atoms with E-state index in [4.69, 9.17) is 4.74 Å². The molecule has 26 heavy (non-hydrogen) atoms. The van der Waals surface area contributed by atoms with E-state index in [9.17, 15) is 9.59 Å². The zero-order valence-electron chi connectivity index (χ0n) is 15.4. The summed E-state index contributed by atoms with van der Waals surface area (Å²) in [5.74, 6) is -0.559. The van der Waals surface area contributed by atoms with Crippen molar-refractivity contribution in [3.63, 3.8) is 0 Å². The molecule has 2 aliphatic rings. The van der Waals surface area contributed by atoms with E-state index in [0.717, 1.165) is 28.6 Å². The number of hydrogen-bond donors (Lipinski definition) is 1. The third kappa shape index (κ3) is 2.50. The second kappa shape index (κ2) is 6.40. The second-order valence-corrected chi connectivity index (χ2v) is 7.36. The molecule has 0 radical (unpaired) electrons. The molecular formula is C21H24N2O3. The number of likely N-dealkylation sites (tertiary alicyclic amines) is 1. The van der Waals surface area contributed by atoms with E-state index in [1.54, 1.807) is 0 Å². The van der Waals surface area contributed by atoms with E-state index in [-0.39, 0.29) is 29.6 Å². The Kier molecular flexibility index (Phi) is 4.19. The molecule has 4 rings (SSSR count). The molecular weight excluding hydrogens is 328 g/mol. The summed E-state index contributed by atoms with van der Waals surface area (Å²) in [6, 6.07) is 8.02. The number of H-pyrrole nitrogens is 1. The van der Waals surface area contributed by atoms with Crippen LogP contribution in [0, 0.1) is 11.8 Å². The van der Waals surface area contributed by atoms with Gasteiger partial charge in [-0.05, 0) is 32.0 Å². The van der Waals surface area contributed by atoms with E-state index < -0.39 is 0 Å². The molecule has 1 unspecified atom stereocenters. The quantitative estimate of drug-likeness (QED) is 0.633. The van der Waals surface area contributed by atoms with Crippen molar-refractivity contribution in [2.24, 2.45) is 11.8 Å². The van der Waals surface area contributed by atoms with Crippen molar-refractivity contribution in [3.05, 3.63) is 47.2 Å². The lowest BCUT2D eigenvalue weighted by Crippen LogP contribution is -2.54. The Morgan fingerprint density at radius 2 is 2.08 bits per heavy atom. The Hall–Kier alpha value is -2.40. The Bertz CT molecular complexity index is 911. The highest BCUT2D eigenvalue weighted by Gasteiger charge is 2.46. The number of ketones is 1. The van der Waals surface area contributed by atoms with Crippen LogP contribution >= 0.6 is 0 Å². The Morgan fingerprint density at radius 1 is 1.31 bits per heavy atom. The highest BCUT2D eigenvalue weighted by atomic mass is 16.5. The number of methoxy groups -OCH3 is 1. The number of allylic oxidation sites excluding steroid dienone is 1. The molecule has 5 heteroatoms. The first-order chi connectivity index (χ1) is 12.5. The molecule has 0 saturated carbocycles. The third-order valence-corrected chi connectivity index (χ3v) is 6.08. The van der Waals surface area contributed by atoms with Gasteiger partial charge in [0.25, 0.3) is 0 Å². The number of fused-ring (bicyclic) bond motifs is 5. The van der Waals surface area contributed by atoms with E-state index >= 15 is 0 Å². The first kappa shape index (κ1) is 17.0. The molecule has 1 aromatic heterocycles. The number of aromatic amines is 1. The average Bonchev–Trinajstić information content (AvgIpc) is 3.01. The molecule has 2 bridgehead atoms. The number of nitrogens with one attached hydrogen (secondary N) is 1. The summed E-state index contributed by atoms with van der Waals surface area (Å²) in [7, 11) is 3.49. The van der Waals surface area contributed by atoms with Crippen LogP contribution in [-0.4, -0.2) is 48.4 Å². The van der Waals surface area contributed by atoms with Gasteiger partial charge in [0.15, 0.2) is 5.78 Å². The minimum Gasteiger partial charge on any atom is -0.469 e. The van der Waals surface area contributed by atoms with Crippen LogP contribution in [0.2, 0.25) is 0 Å². The number of piperidine rings is 1. The number of Topliss-reactive ketones (excluding diaryl/α,β-unsaturated/α-hetero) is 1. The molecule has 1 fully saturated rings. The summed E-state index contributed by atoms with van der Waals surface area (Å²) < 4.78 is 5.14. The first-order valence-corrected chi connectivity index (χ1v) is 9.11. The highest BCUT2D eigenvalue weighted by molar-refractivity contribution is 6.03. The highest BCUT2D eigenvalue weighted by Crippen LogP contribution is 2.41. The fraction of sp³-hybridized carbons (Fsp3) is 0.429. The van der Waals surface area contributed by atoms with Gasteiger partial charge in [-0.15, -0.1) is 0 Å². The Labute approximate surface area is 153 Å². The number of carbonyl (C=O) groups is 2. The molecule has 1 saturated heterocycles. The second-order valence-electron chi connectivity index (χ2n) is 7.36. The predicted molar refractivity (Wildman–Crippen MR) is 100 cm³/mol. The van der Waals surface area contributed by atoms with Crippen LogP contribution in [0.1, 0.15) is 29.4 Å². The van der Waals surface area contributed by atoms with Crippen molar-refractivity contribution < 1.29 is 14.3 Å². The van der Waals surface area contributed by atoms with Crippen molar-refractivity contribution >= 4 is 22.7 Å². The molecule has 1 aliphatic heterocycles. The largest absolute Gasteiger partial charge is 0.469 e. The number of aromatic nitrogens is 1. The first-order valence-electron chi connectivity index (χ1n) is 9.11. The van der Waals surface area contributed by atoms with E-state index in [2.05, 4.69) is 16.9 Å². The molecule has 3 atom stereocenters. The summed E-state index contributed by atoms with van der Waals surface area (Å²) in [5.41, 5.74) is 3.85. The van der Waals surface area contributed by atoms with Gasteiger partial charge in [0.05, 0.1) is 18.7 Å². The fourth-order valence-corrected chi connectivity index (χ4v) is 4.76. The maximum Gasteiger partial charge on any atom is 0.310 e. The molecule has 1 aliphatic carbocycles. The molecule has 0 amide bonds. The van der Waals surface area contributed by atoms with Gasteiger partial charge in [-0.25, -0.2) is 0 Å². The standard InChI is InChI=1S/C21H24N2O3/c1-4-12-11-23(2)17-9-15-13-7-5-6-8-16(13)22-20(15)18(24)10-14(12)19(17)21(25)26-3/h4-8,14,17,19,22H,9-11H2,1-3H3/b12-4-/t14-,17+,19?/m0/s1. The van der Waals surface area contributed by atoms with Crippen LogP contribution in [-0.2, 0) is 16.0 Å². The van der Waals surface area contributed by atoms with Crippen molar-refractivity contribution in [2.75, 3.05) is 20.7 Å². The SMILES string of the molecule is C/C=C1/CN(C)[C@@H]2Cc3c([nH]c4ccccc34)C(=O)C[C@@H]1C2C(=O)OC. The van der Waals surface area contributed by atoms with Crippen LogP contribution in [0.4, 0.5) is 0 Å². The fourth-order valence-electron chi connectivity index (χ4n) is 4.76. The lowest BCUT2D eigenvalue weighted by Gasteiger charge is -2.45. The van der Waals surface area contributed by atoms with E-state index in [1.807, 2.05) is 37.3 Å². The zero-order valence-corrected chi connectivity index (χ0v) is 15.4. The van der Waals surface area contributed by atoms with Gasteiger partial charge < -0.3 is 9.72 Å². The van der Waals surface area contributed by atoms with Crippen molar-refractivity contribution in [2.45, 2.75) is 25.8 Å². The minimum atomic E-state index is -0.323. The summed E-state index contributed by atoms with van der Waals surface area (Å²) in [6.45, 7) is 2.76. The van der Waals surface area contributed by atoms with E-state index in [0.29, 0.717) is 18.5 Å². The van der Waals surface area contributed by atoms with Crippen molar-refractivity contribution in [3.8, 4) is 0 Å². The molecule has 2 heterocycles. The lowest BCUT2D eigenvalue weighted by molar-refractivity contribution is -0.150. The minimum absolute atomic E-state index is 0.0159. The van der Waals surface area contributed by atoms with Gasteiger partial charge in [-0.2, -0.15) is 0 Å². The Balaban J connectivity index is 1.91.